The molecule has 2 unspecified atom stereocenters. The quantitative estimate of drug-likeness (QED) is 0.481. The lowest BCUT2D eigenvalue weighted by Gasteiger charge is -2.39. The lowest BCUT2D eigenvalue weighted by molar-refractivity contribution is -0.134. The first kappa shape index (κ1) is 26.6. The predicted molar refractivity (Wildman–Crippen MR) is 140 cm³/mol. The topological polar surface area (TPSA) is 70.7 Å². The number of carbonyl (C=O) groups excluding carboxylic acids is 2. The van der Waals surface area contributed by atoms with Crippen LogP contribution in [0.3, 0.4) is 0 Å². The summed E-state index contributed by atoms with van der Waals surface area (Å²) in [6.07, 6.45) is 5.02. The molecule has 6 nitrogen and oxygen atoms in total. The van der Waals surface area contributed by atoms with Gasteiger partial charge in [0.2, 0.25) is 5.91 Å². The van der Waals surface area contributed by atoms with Crippen molar-refractivity contribution in [1.82, 2.24) is 15.5 Å². The minimum Gasteiger partial charge on any atom is -0.478 e. The summed E-state index contributed by atoms with van der Waals surface area (Å²) >= 11 is 12.3. The van der Waals surface area contributed by atoms with Crippen LogP contribution in [-0.2, 0) is 9.59 Å². The number of alkyl halides is 2. The zero-order valence-corrected chi connectivity index (χ0v) is 23.0. The molecule has 35 heavy (non-hydrogen) atoms. The monoisotopic (exact) mass is 523 g/mol. The van der Waals surface area contributed by atoms with Crippen LogP contribution in [0.2, 0.25) is 0 Å². The molecule has 3 aliphatic rings. The van der Waals surface area contributed by atoms with E-state index in [9.17, 15) is 9.59 Å². The Hall–Kier alpha value is -1.50. The molecule has 3 fully saturated rings. The average Bonchev–Trinajstić information content (AvgIpc) is 3.32. The Bertz CT molecular complexity index is 928. The highest BCUT2D eigenvalue weighted by Crippen LogP contribution is 2.59. The van der Waals surface area contributed by atoms with Gasteiger partial charge in [-0.1, -0.05) is 12.1 Å². The summed E-state index contributed by atoms with van der Waals surface area (Å²) in [7, 11) is 0. The first-order chi connectivity index (χ1) is 16.2. The van der Waals surface area contributed by atoms with Crippen LogP contribution in [-0.4, -0.2) is 57.4 Å². The zero-order chi connectivity index (χ0) is 25.6. The Morgan fingerprint density at radius 2 is 1.63 bits per heavy atom. The molecule has 2 saturated heterocycles. The van der Waals surface area contributed by atoms with E-state index >= 15 is 0 Å². The molecular weight excluding hydrogens is 485 g/mol. The fourth-order valence-electron chi connectivity index (χ4n) is 5.57. The molecule has 0 spiro atoms. The summed E-state index contributed by atoms with van der Waals surface area (Å²) in [4.78, 5) is 27.8. The van der Waals surface area contributed by atoms with E-state index in [1.165, 1.54) is 0 Å². The van der Waals surface area contributed by atoms with Crippen LogP contribution < -0.4 is 15.4 Å². The van der Waals surface area contributed by atoms with Gasteiger partial charge in [0.1, 0.15) is 10.1 Å². The van der Waals surface area contributed by atoms with E-state index in [4.69, 9.17) is 27.9 Å². The van der Waals surface area contributed by atoms with Crippen molar-refractivity contribution in [2.24, 2.45) is 5.92 Å². The first-order valence-electron chi connectivity index (χ1n) is 12.8. The van der Waals surface area contributed by atoms with Gasteiger partial charge in [0.15, 0.2) is 5.60 Å². The molecule has 4 atom stereocenters. The molecule has 2 bridgehead atoms. The minimum atomic E-state index is -0.992. The first-order valence-corrected chi connectivity index (χ1v) is 13.5. The number of ether oxygens (including phenoxy) is 1. The van der Waals surface area contributed by atoms with Gasteiger partial charge in [-0.15, -0.1) is 23.2 Å². The van der Waals surface area contributed by atoms with Crippen molar-refractivity contribution in [2.75, 3.05) is 13.1 Å². The molecule has 0 radical (unpaired) electrons. The normalized spacial score (nSPS) is 27.9. The molecule has 1 aromatic carbocycles. The number of piperidine rings is 1. The number of hydrogen-bond donors (Lipinski definition) is 2. The van der Waals surface area contributed by atoms with Gasteiger partial charge in [-0.3, -0.25) is 14.5 Å². The maximum absolute atomic E-state index is 13.0. The number of amides is 2. The second-order valence-electron chi connectivity index (χ2n) is 12.1. The molecule has 194 valence electrons. The Morgan fingerprint density at radius 3 is 2.14 bits per heavy atom. The standard InChI is InChI=1S/C27H39Cl2N3O3/c1-25(2,3)31-23(33)16-32-19-8-9-20(32)13-17(12-19)15-30-24(34)26(4,5)35-21-10-6-18(7-11-21)22-14-27(22,28)29/h6-7,10-11,17,19-20,22H,8-9,12-16H2,1-5H3,(H,30,34)(H,31,33)/t17?,19-,20+,22?. The summed E-state index contributed by atoms with van der Waals surface area (Å²) in [5.74, 6) is 1.19. The highest BCUT2D eigenvalue weighted by Gasteiger charge is 2.52. The zero-order valence-electron chi connectivity index (χ0n) is 21.5. The Labute approximate surface area is 219 Å². The van der Waals surface area contributed by atoms with Crippen LogP contribution in [0.4, 0.5) is 0 Å². The molecule has 2 heterocycles. The van der Waals surface area contributed by atoms with Gasteiger partial charge in [-0.25, -0.2) is 0 Å². The molecule has 0 aromatic heterocycles. The number of nitrogens with one attached hydrogen (secondary N) is 2. The van der Waals surface area contributed by atoms with Crippen molar-refractivity contribution in [3.63, 3.8) is 0 Å². The van der Waals surface area contributed by atoms with Gasteiger partial charge in [0.05, 0.1) is 6.54 Å². The lowest BCUT2D eigenvalue weighted by Crippen LogP contribution is -2.53. The van der Waals surface area contributed by atoms with Crippen LogP contribution in [0.5, 0.6) is 5.75 Å². The minimum absolute atomic E-state index is 0.0925. The van der Waals surface area contributed by atoms with Gasteiger partial charge in [0, 0.05) is 30.1 Å². The maximum atomic E-state index is 13.0. The van der Waals surface area contributed by atoms with E-state index in [1.807, 2.05) is 45.0 Å². The molecule has 8 heteroatoms. The molecule has 2 N–H and O–H groups in total. The maximum Gasteiger partial charge on any atom is 0.263 e. The predicted octanol–water partition coefficient (Wildman–Crippen LogP) is 4.78. The molecule has 1 saturated carbocycles. The molecular formula is C27H39Cl2N3O3. The van der Waals surface area contributed by atoms with Crippen molar-refractivity contribution in [3.8, 4) is 5.75 Å². The van der Waals surface area contributed by atoms with Crippen LogP contribution in [0, 0.1) is 5.92 Å². The number of carbonyl (C=O) groups is 2. The molecule has 4 rings (SSSR count). The number of hydrogen-bond acceptors (Lipinski definition) is 4. The van der Waals surface area contributed by atoms with Crippen molar-refractivity contribution < 1.29 is 14.3 Å². The number of rotatable bonds is 8. The third kappa shape index (κ3) is 6.64. The highest BCUT2D eigenvalue weighted by molar-refractivity contribution is 6.51. The number of fused-ring (bicyclic) bond motifs is 2. The molecule has 1 aromatic rings. The van der Waals surface area contributed by atoms with Crippen molar-refractivity contribution >= 4 is 35.0 Å². The largest absolute Gasteiger partial charge is 0.478 e. The van der Waals surface area contributed by atoms with Gasteiger partial charge in [0.25, 0.3) is 5.91 Å². The molecule has 1 aliphatic carbocycles. The van der Waals surface area contributed by atoms with Crippen LogP contribution in [0.15, 0.2) is 24.3 Å². The van der Waals surface area contributed by atoms with Crippen molar-refractivity contribution in [2.45, 2.75) is 100 Å². The fraction of sp³-hybridized carbons (Fsp3) is 0.704. The Morgan fingerprint density at radius 1 is 1.06 bits per heavy atom. The summed E-state index contributed by atoms with van der Waals surface area (Å²) in [6.45, 7) is 10.7. The van der Waals surface area contributed by atoms with Crippen molar-refractivity contribution in [3.05, 3.63) is 29.8 Å². The van der Waals surface area contributed by atoms with Crippen LogP contribution in [0.25, 0.3) is 0 Å². The van der Waals surface area contributed by atoms with Gasteiger partial charge < -0.3 is 15.4 Å². The summed E-state index contributed by atoms with van der Waals surface area (Å²) in [6, 6.07) is 8.49. The summed E-state index contributed by atoms with van der Waals surface area (Å²) in [5.41, 5.74) is -0.122. The third-order valence-electron chi connectivity index (χ3n) is 7.40. The number of nitrogens with zero attached hydrogens (tertiary/aromatic N) is 1. The highest BCUT2D eigenvalue weighted by atomic mass is 35.5. The smallest absolute Gasteiger partial charge is 0.263 e. The average molecular weight is 525 g/mol. The van der Waals surface area contributed by atoms with E-state index in [1.54, 1.807) is 13.8 Å². The SMILES string of the molecule is CC(C)(C)NC(=O)CN1[C@@H]2CC[C@H]1CC(CNC(=O)C(C)(C)Oc1ccc(C3CC3(Cl)Cl)cc1)C2. The van der Waals surface area contributed by atoms with Gasteiger partial charge in [-0.05, 0) is 90.3 Å². The van der Waals surface area contributed by atoms with E-state index in [0.717, 1.165) is 37.7 Å². The third-order valence-corrected chi connectivity index (χ3v) is 8.24. The van der Waals surface area contributed by atoms with Gasteiger partial charge >= 0.3 is 0 Å². The second kappa shape index (κ2) is 9.75. The summed E-state index contributed by atoms with van der Waals surface area (Å²) < 4.78 is 5.38. The molecule has 2 amide bonds. The van der Waals surface area contributed by atoms with E-state index in [-0.39, 0.29) is 23.3 Å². The summed E-state index contributed by atoms with van der Waals surface area (Å²) in [5, 5.41) is 6.20. The van der Waals surface area contributed by atoms with Crippen LogP contribution >= 0.6 is 23.2 Å². The van der Waals surface area contributed by atoms with E-state index < -0.39 is 9.93 Å². The lowest BCUT2D eigenvalue weighted by atomic mass is 9.90. The van der Waals surface area contributed by atoms with Crippen molar-refractivity contribution in [1.29, 1.82) is 0 Å². The van der Waals surface area contributed by atoms with Crippen LogP contribution in [0.1, 0.15) is 78.2 Å². The van der Waals surface area contributed by atoms with E-state index in [2.05, 4.69) is 15.5 Å². The number of benzene rings is 1. The van der Waals surface area contributed by atoms with E-state index in [0.29, 0.717) is 36.8 Å². The Balaban J connectivity index is 1.24. The Kier molecular flexibility index (Phi) is 7.40. The molecule has 2 aliphatic heterocycles. The fourth-order valence-corrected chi connectivity index (χ4v) is 6.13. The van der Waals surface area contributed by atoms with Gasteiger partial charge in [-0.2, -0.15) is 0 Å². The second-order valence-corrected chi connectivity index (χ2v) is 13.6. The number of halogens is 2.